The number of halogens is 7. The van der Waals surface area contributed by atoms with Gasteiger partial charge in [0.05, 0.1) is 17.8 Å². The fourth-order valence-corrected chi connectivity index (χ4v) is 3.91. The number of fused-ring (bicyclic) bond motifs is 1. The van der Waals surface area contributed by atoms with Crippen molar-refractivity contribution in [1.82, 2.24) is 10.8 Å². The largest absolute Gasteiger partial charge is 0.428 e. The summed E-state index contributed by atoms with van der Waals surface area (Å²) in [6.07, 6.45) is -9.43. The molecule has 36 heavy (non-hydrogen) atoms. The van der Waals surface area contributed by atoms with Crippen LogP contribution in [0.15, 0.2) is 60.7 Å². The first kappa shape index (κ1) is 25.2. The molecule has 4 rings (SSSR count). The van der Waals surface area contributed by atoms with Crippen molar-refractivity contribution in [2.75, 3.05) is 6.54 Å². The molecule has 0 aromatic heterocycles. The normalized spacial score (nSPS) is 18.0. The summed E-state index contributed by atoms with van der Waals surface area (Å²) >= 11 is 0. The first-order valence-corrected chi connectivity index (χ1v) is 10.2. The second-order valence-electron chi connectivity index (χ2n) is 7.77. The van der Waals surface area contributed by atoms with Gasteiger partial charge in [-0.1, -0.05) is 36.4 Å². The Labute approximate surface area is 198 Å². The van der Waals surface area contributed by atoms with Gasteiger partial charge in [-0.25, -0.2) is 4.39 Å². The van der Waals surface area contributed by atoms with Crippen LogP contribution in [-0.4, -0.2) is 24.9 Å². The smallest absolute Gasteiger partial charge is 0.345 e. The van der Waals surface area contributed by atoms with E-state index < -0.39 is 40.8 Å². The lowest BCUT2D eigenvalue weighted by molar-refractivity contribution is -0.269. The predicted molar refractivity (Wildman–Crippen MR) is 114 cm³/mol. The monoisotopic (exact) mass is 512 g/mol. The summed E-state index contributed by atoms with van der Waals surface area (Å²) in [6, 6.07) is 9.80. The Balaban J connectivity index is 1.87. The molecular formula is C24H15F7N2O3. The number of carbonyl (C=O) groups excluding carboxylic acids is 2. The molecule has 0 aliphatic carbocycles. The highest BCUT2D eigenvalue weighted by Crippen LogP contribution is 2.49. The number of nitrogens with one attached hydrogen (secondary N) is 2. The topological polar surface area (TPSA) is 67.4 Å². The zero-order chi connectivity index (χ0) is 26.3. The van der Waals surface area contributed by atoms with Crippen LogP contribution in [0.25, 0.3) is 16.5 Å². The highest BCUT2D eigenvalue weighted by atomic mass is 19.4. The molecule has 1 heterocycles. The SMILES string of the molecule is O=CCNC(=O)c1ccc(C2=CC(c3ccc(F)c(C(F)(F)F)c3)(C(F)(F)F)ON2)c2ccccc12. The molecule has 1 aliphatic rings. The Bertz CT molecular complexity index is 1380. The molecule has 1 atom stereocenters. The van der Waals surface area contributed by atoms with E-state index in [0.29, 0.717) is 35.3 Å². The van der Waals surface area contributed by atoms with Crippen molar-refractivity contribution in [3.8, 4) is 0 Å². The van der Waals surface area contributed by atoms with Crippen molar-refractivity contribution >= 4 is 28.7 Å². The minimum absolute atomic E-state index is 0.0581. The summed E-state index contributed by atoms with van der Waals surface area (Å²) < 4.78 is 96.1. The molecular weight excluding hydrogens is 497 g/mol. The van der Waals surface area contributed by atoms with Gasteiger partial charge in [0.15, 0.2) is 0 Å². The van der Waals surface area contributed by atoms with Crippen molar-refractivity contribution in [3.05, 3.63) is 88.7 Å². The number of hydroxylamine groups is 1. The van der Waals surface area contributed by atoms with Gasteiger partial charge in [-0.2, -0.15) is 26.3 Å². The maximum Gasteiger partial charge on any atom is 0.428 e. The molecule has 0 fully saturated rings. The lowest BCUT2D eigenvalue weighted by Crippen LogP contribution is -2.42. The molecule has 0 bridgehead atoms. The van der Waals surface area contributed by atoms with E-state index in [9.17, 15) is 40.3 Å². The highest BCUT2D eigenvalue weighted by Gasteiger charge is 2.60. The third-order valence-corrected chi connectivity index (χ3v) is 5.60. The van der Waals surface area contributed by atoms with E-state index in [1.165, 1.54) is 24.3 Å². The van der Waals surface area contributed by atoms with Gasteiger partial charge in [-0.05, 0) is 35.0 Å². The number of amides is 1. The van der Waals surface area contributed by atoms with Gasteiger partial charge in [0, 0.05) is 16.7 Å². The molecule has 3 aromatic carbocycles. The fraction of sp³-hybridized carbons (Fsp3) is 0.167. The average Bonchev–Trinajstić information content (AvgIpc) is 3.28. The zero-order valence-corrected chi connectivity index (χ0v) is 17.9. The van der Waals surface area contributed by atoms with Gasteiger partial charge in [-0.15, -0.1) is 0 Å². The first-order chi connectivity index (χ1) is 16.9. The molecule has 188 valence electrons. The summed E-state index contributed by atoms with van der Waals surface area (Å²) in [5.74, 6) is -2.32. The van der Waals surface area contributed by atoms with Gasteiger partial charge in [0.25, 0.3) is 5.91 Å². The molecule has 0 saturated heterocycles. The zero-order valence-electron chi connectivity index (χ0n) is 17.9. The number of alkyl halides is 6. The van der Waals surface area contributed by atoms with Crippen LogP contribution in [0.4, 0.5) is 30.7 Å². The maximum absolute atomic E-state index is 14.3. The summed E-state index contributed by atoms with van der Waals surface area (Å²) in [6.45, 7) is -0.249. The van der Waals surface area contributed by atoms with E-state index in [1.54, 1.807) is 12.1 Å². The number of carbonyl (C=O) groups is 2. The number of aldehydes is 1. The van der Waals surface area contributed by atoms with E-state index in [-0.39, 0.29) is 29.4 Å². The van der Waals surface area contributed by atoms with Crippen molar-refractivity contribution in [2.45, 2.75) is 18.0 Å². The number of benzene rings is 3. The second-order valence-corrected chi connectivity index (χ2v) is 7.77. The molecule has 1 aliphatic heterocycles. The van der Waals surface area contributed by atoms with E-state index >= 15 is 0 Å². The maximum atomic E-state index is 14.3. The van der Waals surface area contributed by atoms with Crippen LogP contribution in [0, 0.1) is 5.82 Å². The van der Waals surface area contributed by atoms with Gasteiger partial charge >= 0.3 is 12.4 Å². The van der Waals surface area contributed by atoms with Crippen LogP contribution in [-0.2, 0) is 21.4 Å². The standard InChI is InChI=1S/C24H15F7N2O3/c25-19-8-5-13(11-18(19)23(26,27)28)22(24(29,30)31)12-20(33-36-22)16-6-7-17(21(35)32-9-10-34)15-4-2-1-3-14(15)16/h1-8,10-12,33H,9H2,(H,32,35). The van der Waals surface area contributed by atoms with E-state index in [2.05, 4.69) is 10.8 Å². The fourth-order valence-electron chi connectivity index (χ4n) is 3.91. The van der Waals surface area contributed by atoms with Crippen LogP contribution in [0.2, 0.25) is 0 Å². The van der Waals surface area contributed by atoms with Crippen LogP contribution in [0.3, 0.4) is 0 Å². The lowest BCUT2D eigenvalue weighted by atomic mass is 9.89. The van der Waals surface area contributed by atoms with E-state index in [1.807, 2.05) is 0 Å². The Morgan fingerprint density at radius 1 is 1.00 bits per heavy atom. The summed E-state index contributed by atoms with van der Waals surface area (Å²) in [4.78, 5) is 27.9. The molecule has 3 aromatic rings. The number of hydrogen-bond acceptors (Lipinski definition) is 4. The molecule has 0 saturated carbocycles. The molecule has 2 N–H and O–H groups in total. The Hall–Kier alpha value is -3.93. The van der Waals surface area contributed by atoms with Gasteiger partial charge < -0.3 is 10.1 Å². The number of rotatable bonds is 5. The third kappa shape index (κ3) is 4.28. The molecule has 5 nitrogen and oxygen atoms in total. The van der Waals surface area contributed by atoms with Crippen molar-refractivity contribution in [3.63, 3.8) is 0 Å². The van der Waals surface area contributed by atoms with Gasteiger partial charge in [0.2, 0.25) is 5.60 Å². The molecule has 0 spiro atoms. The summed E-state index contributed by atoms with van der Waals surface area (Å²) in [7, 11) is 0. The summed E-state index contributed by atoms with van der Waals surface area (Å²) in [5.41, 5.74) is -4.02. The van der Waals surface area contributed by atoms with Gasteiger partial charge in [0.1, 0.15) is 12.1 Å². The third-order valence-electron chi connectivity index (χ3n) is 5.60. The quantitative estimate of drug-likeness (QED) is 0.362. The summed E-state index contributed by atoms with van der Waals surface area (Å²) in [5, 5.41) is 3.04. The Morgan fingerprint density at radius 2 is 1.69 bits per heavy atom. The first-order valence-electron chi connectivity index (χ1n) is 10.2. The van der Waals surface area contributed by atoms with Crippen molar-refractivity contribution < 1.29 is 45.2 Å². The minimum atomic E-state index is -5.24. The average molecular weight is 512 g/mol. The van der Waals surface area contributed by atoms with Crippen LogP contribution in [0.1, 0.15) is 27.0 Å². The lowest BCUT2D eigenvalue weighted by Gasteiger charge is -2.29. The highest BCUT2D eigenvalue weighted by molar-refractivity contribution is 6.10. The van der Waals surface area contributed by atoms with Crippen LogP contribution >= 0.6 is 0 Å². The van der Waals surface area contributed by atoms with E-state index in [0.717, 1.165) is 0 Å². The van der Waals surface area contributed by atoms with Crippen molar-refractivity contribution in [2.24, 2.45) is 0 Å². The van der Waals surface area contributed by atoms with E-state index in [4.69, 9.17) is 4.84 Å². The molecule has 0 radical (unpaired) electrons. The molecule has 12 heteroatoms. The van der Waals surface area contributed by atoms with Gasteiger partial charge in [-0.3, -0.25) is 15.1 Å². The molecule has 1 unspecified atom stereocenters. The Kier molecular flexibility index (Phi) is 6.25. The second kappa shape index (κ2) is 8.94. The van der Waals surface area contributed by atoms with Crippen LogP contribution in [0.5, 0.6) is 0 Å². The minimum Gasteiger partial charge on any atom is -0.345 e. The van der Waals surface area contributed by atoms with Crippen molar-refractivity contribution in [1.29, 1.82) is 0 Å². The predicted octanol–water partition coefficient (Wildman–Crippen LogP) is 5.26. The van der Waals surface area contributed by atoms with Crippen LogP contribution < -0.4 is 10.8 Å². The Morgan fingerprint density at radius 3 is 2.33 bits per heavy atom. The molecule has 1 amide bonds. The number of hydrogen-bond donors (Lipinski definition) is 2.